The fraction of sp³-hybridized carbons (Fsp3) is 0.722. The van der Waals surface area contributed by atoms with Crippen molar-refractivity contribution in [1.82, 2.24) is 9.88 Å². The van der Waals surface area contributed by atoms with E-state index in [4.69, 9.17) is 14.2 Å². The van der Waals surface area contributed by atoms with E-state index in [1.807, 2.05) is 12.1 Å². The van der Waals surface area contributed by atoms with Crippen LogP contribution >= 0.6 is 0 Å². The Balaban J connectivity index is 2.02. The molecule has 1 fully saturated rings. The molecule has 0 spiro atoms. The van der Waals surface area contributed by atoms with E-state index in [1.54, 1.807) is 14.2 Å². The number of ether oxygens (including phenoxy) is 3. The Hall–Kier alpha value is -1.17. The highest BCUT2D eigenvalue weighted by atomic mass is 16.5. The van der Waals surface area contributed by atoms with Gasteiger partial charge in [0.15, 0.2) is 0 Å². The van der Waals surface area contributed by atoms with Crippen molar-refractivity contribution >= 4 is 0 Å². The smallest absolute Gasteiger partial charge is 0.213 e. The van der Waals surface area contributed by atoms with Crippen molar-refractivity contribution in [2.75, 3.05) is 40.5 Å². The molecule has 0 aliphatic carbocycles. The van der Waals surface area contributed by atoms with E-state index in [0.29, 0.717) is 5.88 Å². The SMILES string of the molecule is COc1cccc(CN(CCC(C)(C)OC)CC2(C)COC2)n1. The molecule has 2 heterocycles. The van der Waals surface area contributed by atoms with Gasteiger partial charge in [-0.3, -0.25) is 4.90 Å². The molecule has 0 unspecified atom stereocenters. The number of methoxy groups -OCH3 is 2. The summed E-state index contributed by atoms with van der Waals surface area (Å²) in [4.78, 5) is 6.99. The normalized spacial score (nSPS) is 17.1. The second-order valence-electron chi connectivity index (χ2n) is 7.40. The lowest BCUT2D eigenvalue weighted by Crippen LogP contribution is -2.49. The van der Waals surface area contributed by atoms with E-state index < -0.39 is 0 Å². The summed E-state index contributed by atoms with van der Waals surface area (Å²) in [5, 5.41) is 0. The Morgan fingerprint density at radius 3 is 2.61 bits per heavy atom. The Labute approximate surface area is 139 Å². The maximum absolute atomic E-state index is 5.56. The molecule has 23 heavy (non-hydrogen) atoms. The van der Waals surface area contributed by atoms with Crippen LogP contribution in [-0.2, 0) is 16.0 Å². The van der Waals surface area contributed by atoms with E-state index in [2.05, 4.69) is 36.7 Å². The van der Waals surface area contributed by atoms with Crippen molar-refractivity contribution < 1.29 is 14.2 Å². The zero-order valence-electron chi connectivity index (χ0n) is 15.1. The Morgan fingerprint density at radius 2 is 2.04 bits per heavy atom. The van der Waals surface area contributed by atoms with E-state index >= 15 is 0 Å². The van der Waals surface area contributed by atoms with Gasteiger partial charge >= 0.3 is 0 Å². The van der Waals surface area contributed by atoms with Crippen molar-refractivity contribution in [3.63, 3.8) is 0 Å². The van der Waals surface area contributed by atoms with Gasteiger partial charge in [0.05, 0.1) is 31.6 Å². The number of pyridine rings is 1. The minimum atomic E-state index is -0.114. The van der Waals surface area contributed by atoms with Gasteiger partial charge in [0.1, 0.15) is 0 Å². The highest BCUT2D eigenvalue weighted by Crippen LogP contribution is 2.29. The quantitative estimate of drug-likeness (QED) is 0.699. The number of nitrogens with zero attached hydrogens (tertiary/aromatic N) is 2. The van der Waals surface area contributed by atoms with Gasteiger partial charge in [-0.25, -0.2) is 4.98 Å². The molecule has 2 rings (SSSR count). The average Bonchev–Trinajstić information content (AvgIpc) is 2.51. The lowest BCUT2D eigenvalue weighted by Gasteiger charge is -2.42. The van der Waals surface area contributed by atoms with Crippen molar-refractivity contribution in [2.24, 2.45) is 5.41 Å². The first-order valence-corrected chi connectivity index (χ1v) is 8.21. The van der Waals surface area contributed by atoms with Crippen molar-refractivity contribution in [3.05, 3.63) is 23.9 Å². The lowest BCUT2D eigenvalue weighted by atomic mass is 9.87. The number of hydrogen-bond donors (Lipinski definition) is 0. The first-order chi connectivity index (χ1) is 10.9. The van der Waals surface area contributed by atoms with Gasteiger partial charge in [-0.15, -0.1) is 0 Å². The predicted molar refractivity (Wildman–Crippen MR) is 90.7 cm³/mol. The van der Waals surface area contributed by atoms with Crippen molar-refractivity contribution in [1.29, 1.82) is 0 Å². The number of rotatable bonds is 9. The maximum Gasteiger partial charge on any atom is 0.213 e. The molecular weight excluding hydrogens is 292 g/mol. The molecule has 5 nitrogen and oxygen atoms in total. The average molecular weight is 322 g/mol. The fourth-order valence-electron chi connectivity index (χ4n) is 2.71. The summed E-state index contributed by atoms with van der Waals surface area (Å²) in [6.45, 7) is 11.0. The molecule has 1 aromatic heterocycles. The summed E-state index contributed by atoms with van der Waals surface area (Å²) in [5.74, 6) is 0.665. The van der Waals surface area contributed by atoms with Gasteiger partial charge in [-0.05, 0) is 26.3 Å². The van der Waals surface area contributed by atoms with Crippen LogP contribution in [0.4, 0.5) is 0 Å². The molecule has 1 saturated heterocycles. The number of aromatic nitrogens is 1. The van der Waals surface area contributed by atoms with Gasteiger partial charge in [-0.2, -0.15) is 0 Å². The number of hydrogen-bond acceptors (Lipinski definition) is 5. The van der Waals surface area contributed by atoms with Crippen LogP contribution in [0.2, 0.25) is 0 Å². The third-order valence-corrected chi connectivity index (χ3v) is 4.47. The van der Waals surface area contributed by atoms with Gasteiger partial charge in [0.25, 0.3) is 0 Å². The van der Waals surface area contributed by atoms with Crippen molar-refractivity contribution in [2.45, 2.75) is 39.3 Å². The summed E-state index contributed by atoms with van der Waals surface area (Å²) in [7, 11) is 3.42. The van der Waals surface area contributed by atoms with Crippen LogP contribution in [0.1, 0.15) is 32.9 Å². The van der Waals surface area contributed by atoms with Crippen molar-refractivity contribution in [3.8, 4) is 5.88 Å². The molecule has 0 amide bonds. The van der Waals surface area contributed by atoms with Gasteiger partial charge in [0, 0.05) is 38.2 Å². The second kappa shape index (κ2) is 7.60. The summed E-state index contributed by atoms with van der Waals surface area (Å²) in [5.41, 5.74) is 1.16. The Bertz CT molecular complexity index is 501. The zero-order valence-corrected chi connectivity index (χ0v) is 15.1. The molecule has 0 saturated carbocycles. The molecule has 0 bridgehead atoms. The van der Waals surface area contributed by atoms with E-state index in [1.165, 1.54) is 0 Å². The standard InChI is InChI=1S/C18H30N2O3/c1-17(2,22-5)9-10-20(12-18(3)13-23-14-18)11-15-7-6-8-16(19-15)21-4/h6-8H,9-14H2,1-5H3. The topological polar surface area (TPSA) is 43.8 Å². The highest BCUT2D eigenvalue weighted by Gasteiger charge is 2.35. The fourth-order valence-corrected chi connectivity index (χ4v) is 2.71. The zero-order chi connectivity index (χ0) is 16.9. The molecular formula is C18H30N2O3. The minimum Gasteiger partial charge on any atom is -0.481 e. The van der Waals surface area contributed by atoms with E-state index in [9.17, 15) is 0 Å². The van der Waals surface area contributed by atoms with Crippen LogP contribution < -0.4 is 4.74 Å². The van der Waals surface area contributed by atoms with E-state index in [0.717, 1.165) is 45.0 Å². The van der Waals surface area contributed by atoms with Crippen LogP contribution in [0.3, 0.4) is 0 Å². The Kier molecular flexibility index (Phi) is 6.00. The summed E-state index contributed by atoms with van der Waals surface area (Å²) in [6.07, 6.45) is 0.977. The second-order valence-corrected chi connectivity index (χ2v) is 7.40. The minimum absolute atomic E-state index is 0.114. The third-order valence-electron chi connectivity index (χ3n) is 4.47. The molecule has 1 aliphatic rings. The highest BCUT2D eigenvalue weighted by molar-refractivity contribution is 5.15. The molecule has 0 atom stereocenters. The molecule has 1 aromatic rings. The van der Waals surface area contributed by atoms with Crippen LogP contribution in [0.25, 0.3) is 0 Å². The van der Waals surface area contributed by atoms with Crippen LogP contribution in [0.15, 0.2) is 18.2 Å². The molecule has 0 radical (unpaired) electrons. The van der Waals surface area contributed by atoms with Crippen LogP contribution in [-0.4, -0.2) is 56.0 Å². The van der Waals surface area contributed by atoms with Gasteiger partial charge in [0.2, 0.25) is 5.88 Å². The summed E-state index contributed by atoms with van der Waals surface area (Å²) < 4.78 is 16.2. The third kappa shape index (κ3) is 5.44. The first-order valence-electron chi connectivity index (χ1n) is 8.21. The summed E-state index contributed by atoms with van der Waals surface area (Å²) in [6, 6.07) is 5.92. The molecule has 1 aliphatic heterocycles. The molecule has 0 N–H and O–H groups in total. The molecule has 0 aromatic carbocycles. The van der Waals surface area contributed by atoms with E-state index in [-0.39, 0.29) is 11.0 Å². The first kappa shape index (κ1) is 18.2. The molecule has 5 heteroatoms. The van der Waals surface area contributed by atoms with Gasteiger partial charge < -0.3 is 14.2 Å². The Morgan fingerprint density at radius 1 is 1.30 bits per heavy atom. The van der Waals surface area contributed by atoms with Gasteiger partial charge in [-0.1, -0.05) is 13.0 Å². The maximum atomic E-state index is 5.56. The molecule has 130 valence electrons. The van der Waals surface area contributed by atoms with Crippen LogP contribution in [0, 0.1) is 5.41 Å². The summed E-state index contributed by atoms with van der Waals surface area (Å²) >= 11 is 0. The van der Waals surface area contributed by atoms with Crippen LogP contribution in [0.5, 0.6) is 5.88 Å². The predicted octanol–water partition coefficient (Wildman–Crippen LogP) is 2.74. The lowest BCUT2D eigenvalue weighted by molar-refractivity contribution is -0.117. The largest absolute Gasteiger partial charge is 0.481 e. The monoisotopic (exact) mass is 322 g/mol.